The molecule has 1 aliphatic heterocycles. The lowest BCUT2D eigenvalue weighted by Gasteiger charge is -2.35. The molecule has 0 aromatic heterocycles. The van der Waals surface area contributed by atoms with Crippen molar-refractivity contribution in [2.75, 3.05) is 64.8 Å². The lowest BCUT2D eigenvalue weighted by molar-refractivity contribution is 0.0797. The van der Waals surface area contributed by atoms with Crippen LogP contribution in [0, 0.1) is 0 Å². The number of nitrogens with one attached hydrogen (secondary N) is 1. The molecule has 1 aromatic carbocycles. The van der Waals surface area contributed by atoms with E-state index in [4.69, 9.17) is 0 Å². The van der Waals surface area contributed by atoms with Gasteiger partial charge in [0.25, 0.3) is 5.91 Å². The van der Waals surface area contributed by atoms with Crippen LogP contribution in [-0.4, -0.2) is 75.6 Å². The molecule has 2 rings (SSSR count). The Morgan fingerprint density at radius 2 is 1.71 bits per heavy atom. The number of benzene rings is 1. The summed E-state index contributed by atoms with van der Waals surface area (Å²) in [5.74, 6) is 0.0811. The van der Waals surface area contributed by atoms with Gasteiger partial charge in [0.2, 0.25) is 0 Å². The van der Waals surface area contributed by atoms with Gasteiger partial charge in [-0.05, 0) is 37.9 Å². The van der Waals surface area contributed by atoms with E-state index in [-0.39, 0.29) is 30.7 Å². The monoisotopic (exact) mass is 376 g/mol. The van der Waals surface area contributed by atoms with E-state index in [0.717, 1.165) is 51.4 Å². The van der Waals surface area contributed by atoms with Crippen LogP contribution < -0.4 is 10.2 Å². The predicted molar refractivity (Wildman–Crippen MR) is 106 cm³/mol. The molecule has 1 amide bonds. The zero-order chi connectivity index (χ0) is 15.9. The molecule has 0 unspecified atom stereocenters. The maximum Gasteiger partial charge on any atom is 0.253 e. The van der Waals surface area contributed by atoms with Crippen molar-refractivity contribution in [2.45, 2.75) is 6.92 Å². The largest absolute Gasteiger partial charge is 0.369 e. The summed E-state index contributed by atoms with van der Waals surface area (Å²) in [5.41, 5.74) is 1.97. The highest BCUT2D eigenvalue weighted by Gasteiger charge is 2.16. The predicted octanol–water partition coefficient (Wildman–Crippen LogP) is 1.96. The normalized spacial score (nSPS) is 14.5. The zero-order valence-corrected chi connectivity index (χ0v) is 16.5. The van der Waals surface area contributed by atoms with Crippen LogP contribution in [0.4, 0.5) is 5.69 Å². The quantitative estimate of drug-likeness (QED) is 0.823. The Morgan fingerprint density at radius 3 is 2.21 bits per heavy atom. The van der Waals surface area contributed by atoms with E-state index < -0.39 is 0 Å². The number of nitrogens with zero attached hydrogens (tertiary/aromatic N) is 3. The molecular weight excluding hydrogens is 347 g/mol. The van der Waals surface area contributed by atoms with Gasteiger partial charge in [-0.25, -0.2) is 0 Å². The number of hydrogen-bond acceptors (Lipinski definition) is 4. The lowest BCUT2D eigenvalue weighted by Crippen LogP contribution is -2.46. The molecule has 0 bridgehead atoms. The average molecular weight is 377 g/mol. The fourth-order valence-electron chi connectivity index (χ4n) is 2.74. The van der Waals surface area contributed by atoms with E-state index >= 15 is 0 Å². The fourth-order valence-corrected chi connectivity index (χ4v) is 2.74. The highest BCUT2D eigenvalue weighted by molar-refractivity contribution is 5.94. The van der Waals surface area contributed by atoms with Crippen molar-refractivity contribution in [3.63, 3.8) is 0 Å². The SMILES string of the molecule is CCN1CCN(c2ccc(C(=O)N(C)CCNC)cc2)CC1.Cl.Cl. The third-order valence-corrected chi connectivity index (χ3v) is 4.34. The molecule has 7 heteroatoms. The minimum atomic E-state index is 0. The molecule has 1 heterocycles. The molecule has 0 saturated carbocycles. The van der Waals surface area contributed by atoms with E-state index in [1.807, 2.05) is 26.2 Å². The number of carbonyl (C=O) groups is 1. The van der Waals surface area contributed by atoms with Crippen molar-refractivity contribution in [1.29, 1.82) is 0 Å². The van der Waals surface area contributed by atoms with Crippen LogP contribution in [0.15, 0.2) is 24.3 Å². The van der Waals surface area contributed by atoms with Gasteiger partial charge in [-0.1, -0.05) is 6.92 Å². The topological polar surface area (TPSA) is 38.8 Å². The van der Waals surface area contributed by atoms with E-state index in [1.54, 1.807) is 4.90 Å². The first kappa shape index (κ1) is 23.0. The van der Waals surface area contributed by atoms with Crippen LogP contribution in [-0.2, 0) is 0 Å². The summed E-state index contributed by atoms with van der Waals surface area (Å²) >= 11 is 0. The van der Waals surface area contributed by atoms with Crippen LogP contribution in [0.1, 0.15) is 17.3 Å². The Kier molecular flexibility index (Phi) is 11.0. The summed E-state index contributed by atoms with van der Waals surface area (Å²) in [7, 11) is 3.74. The highest BCUT2D eigenvalue weighted by Crippen LogP contribution is 2.18. The Bertz CT molecular complexity index is 476. The maximum atomic E-state index is 12.3. The van der Waals surface area contributed by atoms with Crippen LogP contribution in [0.25, 0.3) is 0 Å². The molecule has 24 heavy (non-hydrogen) atoms. The Morgan fingerprint density at radius 1 is 1.12 bits per heavy atom. The summed E-state index contributed by atoms with van der Waals surface area (Å²) in [5, 5.41) is 3.06. The van der Waals surface area contributed by atoms with Crippen molar-refractivity contribution in [1.82, 2.24) is 15.1 Å². The van der Waals surface area contributed by atoms with Crippen molar-refractivity contribution < 1.29 is 4.79 Å². The number of rotatable bonds is 6. The summed E-state index contributed by atoms with van der Waals surface area (Å²) in [6, 6.07) is 8.03. The fraction of sp³-hybridized carbons (Fsp3) is 0.588. The van der Waals surface area contributed by atoms with Gasteiger partial charge in [-0.2, -0.15) is 0 Å². The minimum absolute atomic E-state index is 0. The molecule has 0 atom stereocenters. The average Bonchev–Trinajstić information content (AvgIpc) is 2.59. The summed E-state index contributed by atoms with van der Waals surface area (Å²) in [6.07, 6.45) is 0. The Labute approximate surface area is 158 Å². The van der Waals surface area contributed by atoms with Gasteiger partial charge in [0.1, 0.15) is 0 Å². The van der Waals surface area contributed by atoms with Gasteiger partial charge in [0.15, 0.2) is 0 Å². The molecule has 0 aliphatic carbocycles. The third kappa shape index (κ3) is 6.13. The van der Waals surface area contributed by atoms with Crippen LogP contribution >= 0.6 is 24.8 Å². The molecule has 1 fully saturated rings. The number of piperazine rings is 1. The molecule has 1 N–H and O–H groups in total. The molecule has 1 aromatic rings. The van der Waals surface area contributed by atoms with Gasteiger partial charge in [-0.15, -0.1) is 24.8 Å². The van der Waals surface area contributed by atoms with Crippen molar-refractivity contribution in [2.24, 2.45) is 0 Å². The summed E-state index contributed by atoms with van der Waals surface area (Å²) in [6.45, 7) is 9.21. The van der Waals surface area contributed by atoms with Gasteiger partial charge in [-0.3, -0.25) is 4.79 Å². The summed E-state index contributed by atoms with van der Waals surface area (Å²) < 4.78 is 0. The second kappa shape index (κ2) is 11.5. The number of hydrogen-bond donors (Lipinski definition) is 1. The number of carbonyl (C=O) groups excluding carboxylic acids is 1. The van der Waals surface area contributed by atoms with Crippen LogP contribution in [0.3, 0.4) is 0 Å². The first-order valence-electron chi connectivity index (χ1n) is 8.13. The van der Waals surface area contributed by atoms with E-state index in [2.05, 4.69) is 34.2 Å². The van der Waals surface area contributed by atoms with Gasteiger partial charge in [0, 0.05) is 57.6 Å². The Balaban J connectivity index is 0.00000264. The van der Waals surface area contributed by atoms with Crippen molar-refractivity contribution >= 4 is 36.4 Å². The molecule has 1 aliphatic rings. The van der Waals surface area contributed by atoms with Gasteiger partial charge >= 0.3 is 0 Å². The van der Waals surface area contributed by atoms with Crippen molar-refractivity contribution in [3.05, 3.63) is 29.8 Å². The van der Waals surface area contributed by atoms with E-state index in [1.165, 1.54) is 5.69 Å². The molecule has 0 radical (unpaired) electrons. The van der Waals surface area contributed by atoms with Crippen LogP contribution in [0.5, 0.6) is 0 Å². The minimum Gasteiger partial charge on any atom is -0.369 e. The number of amides is 1. The Hall–Kier alpha value is -1.01. The second-order valence-corrected chi connectivity index (χ2v) is 5.80. The molecular formula is C17H30Cl2N4O. The standard InChI is InChI=1S/C17H28N4O.2ClH/c1-4-20-11-13-21(14-12-20)16-7-5-15(6-8-16)17(22)19(3)10-9-18-2;;/h5-8,18H,4,9-14H2,1-3H3;2*1H. The highest BCUT2D eigenvalue weighted by atomic mass is 35.5. The lowest BCUT2D eigenvalue weighted by atomic mass is 10.1. The smallest absolute Gasteiger partial charge is 0.253 e. The summed E-state index contributed by atoms with van der Waals surface area (Å²) in [4.78, 5) is 18.9. The zero-order valence-electron chi connectivity index (χ0n) is 14.8. The molecule has 138 valence electrons. The third-order valence-electron chi connectivity index (χ3n) is 4.34. The first-order valence-corrected chi connectivity index (χ1v) is 8.13. The van der Waals surface area contributed by atoms with Crippen LogP contribution in [0.2, 0.25) is 0 Å². The maximum absolute atomic E-state index is 12.3. The number of anilines is 1. The number of halogens is 2. The van der Waals surface area contributed by atoms with Gasteiger partial charge < -0.3 is 20.0 Å². The second-order valence-electron chi connectivity index (χ2n) is 5.80. The number of likely N-dealkylation sites (N-methyl/N-ethyl adjacent to an activating group) is 3. The van der Waals surface area contributed by atoms with Crippen molar-refractivity contribution in [3.8, 4) is 0 Å². The molecule has 5 nitrogen and oxygen atoms in total. The molecule has 1 saturated heterocycles. The van der Waals surface area contributed by atoms with E-state index in [9.17, 15) is 4.79 Å². The first-order chi connectivity index (χ1) is 10.7. The van der Waals surface area contributed by atoms with Gasteiger partial charge in [0.05, 0.1) is 0 Å². The molecule has 0 spiro atoms. The van der Waals surface area contributed by atoms with E-state index in [0.29, 0.717) is 0 Å².